The number of fused-ring (bicyclic) bond motifs is 10. The van der Waals surface area contributed by atoms with Crippen molar-refractivity contribution in [2.75, 3.05) is 4.90 Å². The van der Waals surface area contributed by atoms with Crippen molar-refractivity contribution in [3.05, 3.63) is 194 Å². The van der Waals surface area contributed by atoms with Crippen LogP contribution in [0.4, 0.5) is 17.1 Å². The number of benzene rings is 9. The monoisotopic (exact) mass is 729 g/mol. The van der Waals surface area contributed by atoms with Crippen molar-refractivity contribution in [1.29, 1.82) is 0 Å². The van der Waals surface area contributed by atoms with Crippen LogP contribution in [0.15, 0.2) is 194 Å². The van der Waals surface area contributed by atoms with Crippen molar-refractivity contribution in [3.63, 3.8) is 0 Å². The molecule has 2 nitrogen and oxygen atoms in total. The van der Waals surface area contributed by atoms with Crippen molar-refractivity contribution >= 4 is 77.2 Å². The molecule has 0 N–H and O–H groups in total. The van der Waals surface area contributed by atoms with Gasteiger partial charge in [-0.2, -0.15) is 0 Å². The molecule has 0 spiro atoms. The van der Waals surface area contributed by atoms with E-state index in [1.54, 1.807) is 0 Å². The van der Waals surface area contributed by atoms with Gasteiger partial charge in [0.25, 0.3) is 0 Å². The Kier molecular flexibility index (Phi) is 6.93. The molecule has 0 bridgehead atoms. The number of thiophene rings is 1. The fraction of sp³-hybridized carbons (Fsp3) is 0. The Hall–Kier alpha value is -6.88. The molecular formula is C52H32BNOS. The summed E-state index contributed by atoms with van der Waals surface area (Å²) in [4.78, 5) is 2.56. The van der Waals surface area contributed by atoms with Gasteiger partial charge in [-0.05, 0) is 98.2 Å². The third-order valence-corrected chi connectivity index (χ3v) is 12.7. The molecule has 260 valence electrons. The molecule has 0 atom stereocenters. The summed E-state index contributed by atoms with van der Waals surface area (Å²) in [6.07, 6.45) is 0. The third-order valence-electron chi connectivity index (χ3n) is 11.6. The van der Waals surface area contributed by atoms with Gasteiger partial charge < -0.3 is 9.55 Å². The van der Waals surface area contributed by atoms with Crippen LogP contribution in [-0.2, 0) is 0 Å². The molecule has 0 saturated heterocycles. The van der Waals surface area contributed by atoms with E-state index in [-0.39, 0.29) is 6.92 Å². The first-order valence-electron chi connectivity index (χ1n) is 19.2. The first-order valence-corrected chi connectivity index (χ1v) is 20.0. The Balaban J connectivity index is 1.23. The van der Waals surface area contributed by atoms with Crippen LogP contribution in [0.25, 0.3) is 75.5 Å². The molecule has 0 fully saturated rings. The standard InChI is InChI=1S/C52H32BNOS/c1-4-14-33(15-5-1)37-25-27-46-43(31-37)44-32-48-49(42-22-12-13-23-47(42)56-48)52-51(44)53(55-46)50-41-21-11-10-20-36(41)24-26-45(50)54(52)40-29-38(34-16-6-2-7-17-34)28-39(30-40)35-18-8-3-9-19-35/h1-32H. The van der Waals surface area contributed by atoms with E-state index in [1.807, 2.05) is 11.3 Å². The van der Waals surface area contributed by atoms with E-state index in [9.17, 15) is 0 Å². The van der Waals surface area contributed by atoms with Crippen LogP contribution in [0.5, 0.6) is 5.75 Å². The second kappa shape index (κ2) is 12.3. The van der Waals surface area contributed by atoms with Gasteiger partial charge in [0.05, 0.1) is 5.69 Å². The summed E-state index contributed by atoms with van der Waals surface area (Å²) in [6, 6.07) is 70.8. The lowest BCUT2D eigenvalue weighted by molar-refractivity contribution is 0.590. The second-order valence-corrected chi connectivity index (χ2v) is 15.9. The Bertz CT molecular complexity index is 3120. The van der Waals surface area contributed by atoms with Gasteiger partial charge in [0.15, 0.2) is 0 Å². The van der Waals surface area contributed by atoms with Crippen LogP contribution in [0.1, 0.15) is 0 Å². The smallest absolute Gasteiger partial charge is 0.432 e. The largest absolute Gasteiger partial charge is 0.551 e. The SMILES string of the molecule is c1ccc(-c2cc(-c3ccccc3)cc(N3c4ccc5ccccc5c4B4Oc5ccc(-c6ccccc6)cc5-c5cc6sc7ccccc7c6c3c54)c2)cc1. The highest BCUT2D eigenvalue weighted by molar-refractivity contribution is 7.26. The van der Waals surface area contributed by atoms with E-state index < -0.39 is 0 Å². The molecule has 0 unspecified atom stereocenters. The van der Waals surface area contributed by atoms with Gasteiger partial charge in [-0.15, -0.1) is 11.3 Å². The molecule has 0 saturated carbocycles. The average Bonchev–Trinajstić information content (AvgIpc) is 3.65. The molecule has 0 radical (unpaired) electrons. The minimum Gasteiger partial charge on any atom is -0.551 e. The first-order chi connectivity index (χ1) is 27.8. The number of anilines is 3. The summed E-state index contributed by atoms with van der Waals surface area (Å²) in [5.74, 6) is 0.915. The van der Waals surface area contributed by atoms with Gasteiger partial charge in [0.2, 0.25) is 0 Å². The van der Waals surface area contributed by atoms with Gasteiger partial charge in [0.1, 0.15) is 5.75 Å². The normalized spacial score (nSPS) is 12.7. The van der Waals surface area contributed by atoms with Crippen molar-refractivity contribution in [3.8, 4) is 50.3 Å². The van der Waals surface area contributed by atoms with Crippen molar-refractivity contribution in [1.82, 2.24) is 0 Å². The second-order valence-electron chi connectivity index (χ2n) is 14.8. The quantitative estimate of drug-likeness (QED) is 0.167. The Morgan fingerprint density at radius 2 is 1.05 bits per heavy atom. The van der Waals surface area contributed by atoms with Gasteiger partial charge in [-0.3, -0.25) is 0 Å². The maximum atomic E-state index is 7.35. The van der Waals surface area contributed by atoms with Crippen molar-refractivity contribution in [2.45, 2.75) is 0 Å². The highest BCUT2D eigenvalue weighted by Gasteiger charge is 2.45. The molecule has 4 heteroatoms. The zero-order valence-electron chi connectivity index (χ0n) is 30.3. The van der Waals surface area contributed by atoms with Crippen LogP contribution in [0.3, 0.4) is 0 Å². The molecule has 1 aromatic heterocycles. The third kappa shape index (κ3) is 4.76. The van der Waals surface area contributed by atoms with E-state index >= 15 is 0 Å². The van der Waals surface area contributed by atoms with E-state index in [0.29, 0.717) is 0 Å². The number of hydrogen-bond donors (Lipinski definition) is 0. The Morgan fingerprint density at radius 3 is 1.77 bits per heavy atom. The lowest BCUT2D eigenvalue weighted by atomic mass is 9.48. The van der Waals surface area contributed by atoms with Crippen LogP contribution in [0.2, 0.25) is 0 Å². The summed E-state index contributed by atoms with van der Waals surface area (Å²) in [6.45, 7) is -0.304. The van der Waals surface area contributed by atoms with Gasteiger partial charge in [-0.1, -0.05) is 146 Å². The van der Waals surface area contributed by atoms with Gasteiger partial charge in [0, 0.05) is 48.0 Å². The van der Waals surface area contributed by atoms with E-state index in [1.165, 1.54) is 86.5 Å². The van der Waals surface area contributed by atoms with Crippen LogP contribution < -0.4 is 20.5 Å². The number of hydrogen-bond acceptors (Lipinski definition) is 3. The van der Waals surface area contributed by atoms with Crippen molar-refractivity contribution < 1.29 is 4.65 Å². The van der Waals surface area contributed by atoms with Crippen LogP contribution in [0, 0.1) is 0 Å². The van der Waals surface area contributed by atoms with Crippen molar-refractivity contribution in [2.24, 2.45) is 0 Å². The first kappa shape index (κ1) is 31.5. The minimum atomic E-state index is -0.304. The molecule has 10 aromatic rings. The summed E-state index contributed by atoms with van der Waals surface area (Å²) in [5.41, 5.74) is 15.3. The topological polar surface area (TPSA) is 12.5 Å². The molecular weight excluding hydrogens is 697 g/mol. The highest BCUT2D eigenvalue weighted by Crippen LogP contribution is 2.51. The number of nitrogens with zero attached hydrogens (tertiary/aromatic N) is 1. The zero-order valence-corrected chi connectivity index (χ0v) is 31.1. The molecule has 12 rings (SSSR count). The maximum Gasteiger partial charge on any atom is 0.432 e. The van der Waals surface area contributed by atoms with E-state index in [0.717, 1.165) is 22.7 Å². The zero-order chi connectivity index (χ0) is 36.7. The summed E-state index contributed by atoms with van der Waals surface area (Å²) in [7, 11) is 0. The highest BCUT2D eigenvalue weighted by atomic mass is 32.1. The summed E-state index contributed by atoms with van der Waals surface area (Å²) in [5, 5.41) is 4.95. The lowest BCUT2D eigenvalue weighted by Crippen LogP contribution is -2.56. The Morgan fingerprint density at radius 1 is 0.429 bits per heavy atom. The average molecular weight is 730 g/mol. The lowest BCUT2D eigenvalue weighted by Gasteiger charge is -2.41. The van der Waals surface area contributed by atoms with Crippen LogP contribution >= 0.6 is 11.3 Å². The molecule has 0 amide bonds. The summed E-state index contributed by atoms with van der Waals surface area (Å²) >= 11 is 1.88. The summed E-state index contributed by atoms with van der Waals surface area (Å²) < 4.78 is 9.90. The maximum absolute atomic E-state index is 7.35. The van der Waals surface area contributed by atoms with Gasteiger partial charge >= 0.3 is 6.92 Å². The molecule has 3 heterocycles. The minimum absolute atomic E-state index is 0.304. The molecule has 2 aliphatic rings. The predicted octanol–water partition coefficient (Wildman–Crippen LogP) is 13.2. The molecule has 9 aromatic carbocycles. The van der Waals surface area contributed by atoms with E-state index in [4.69, 9.17) is 4.65 Å². The fourth-order valence-corrected chi connectivity index (χ4v) is 10.3. The predicted molar refractivity (Wildman–Crippen MR) is 239 cm³/mol. The fourth-order valence-electron chi connectivity index (χ4n) is 9.12. The number of rotatable bonds is 4. The van der Waals surface area contributed by atoms with Crippen LogP contribution in [-0.4, -0.2) is 6.92 Å². The van der Waals surface area contributed by atoms with E-state index in [2.05, 4.69) is 199 Å². The molecule has 2 aliphatic heterocycles. The van der Waals surface area contributed by atoms with Gasteiger partial charge in [-0.25, -0.2) is 0 Å². The molecule has 56 heavy (non-hydrogen) atoms. The Labute approximate surface area is 329 Å². The molecule has 0 aliphatic carbocycles.